The van der Waals surface area contributed by atoms with Crippen molar-refractivity contribution in [2.45, 2.75) is 44.8 Å². The molecule has 0 radical (unpaired) electrons. The minimum absolute atomic E-state index is 0.293. The van der Waals surface area contributed by atoms with Crippen LogP contribution in [0.15, 0.2) is 0 Å². The zero-order chi connectivity index (χ0) is 11.0. The Kier molecular flexibility index (Phi) is 8.47. The van der Waals surface area contributed by atoms with Gasteiger partial charge in [0.1, 0.15) is 0 Å². The van der Waals surface area contributed by atoms with Gasteiger partial charge in [-0.15, -0.1) is 0 Å². The fourth-order valence-corrected chi connectivity index (χ4v) is 3.84. The summed E-state index contributed by atoms with van der Waals surface area (Å²) in [6.07, 6.45) is 3.59. The van der Waals surface area contributed by atoms with Crippen molar-refractivity contribution in [1.29, 1.82) is 0 Å². The van der Waals surface area contributed by atoms with Crippen molar-refractivity contribution < 1.29 is 13.6 Å². The van der Waals surface area contributed by atoms with Crippen LogP contribution < -0.4 is 0 Å². The van der Waals surface area contributed by atoms with Crippen molar-refractivity contribution in [3.05, 3.63) is 0 Å². The number of hydrogen-bond donors (Lipinski definition) is 0. The van der Waals surface area contributed by atoms with Crippen molar-refractivity contribution >= 4 is 9.28 Å². The van der Waals surface area contributed by atoms with E-state index < -0.39 is 9.28 Å². The Hall–Kier alpha value is 0.0969. The molecule has 0 heterocycles. The van der Waals surface area contributed by atoms with E-state index in [0.29, 0.717) is 11.6 Å². The van der Waals surface area contributed by atoms with E-state index in [-0.39, 0.29) is 0 Å². The van der Waals surface area contributed by atoms with Gasteiger partial charge in [0.15, 0.2) is 0 Å². The van der Waals surface area contributed by atoms with Crippen molar-refractivity contribution in [1.82, 2.24) is 0 Å². The van der Waals surface area contributed by atoms with Crippen LogP contribution in [0, 0.1) is 0 Å². The van der Waals surface area contributed by atoms with Crippen LogP contribution in [0.25, 0.3) is 0 Å². The van der Waals surface area contributed by atoms with Crippen molar-refractivity contribution in [3.8, 4) is 0 Å². The Bertz CT molecular complexity index is 129. The number of hydrogen-bond acceptors (Lipinski definition) is 3. The second kappa shape index (κ2) is 8.41. The van der Waals surface area contributed by atoms with Gasteiger partial charge >= 0.3 is 9.28 Å². The molecule has 0 rings (SSSR count). The SMILES string of the molecule is CCCC(OC)C(CC)[SiH](OC)OC. The monoisotopic (exact) mass is 220 g/mol. The molecule has 3 nitrogen and oxygen atoms in total. The molecule has 86 valence electrons. The number of methoxy groups -OCH3 is 1. The van der Waals surface area contributed by atoms with Crippen molar-refractivity contribution in [2.75, 3.05) is 21.3 Å². The quantitative estimate of drug-likeness (QED) is 0.586. The second-order valence-corrected chi connectivity index (χ2v) is 6.01. The van der Waals surface area contributed by atoms with Gasteiger partial charge in [0.2, 0.25) is 0 Å². The normalized spacial score (nSPS) is 15.9. The summed E-state index contributed by atoms with van der Waals surface area (Å²) < 4.78 is 16.3. The molecular formula is C10H24O3Si. The summed E-state index contributed by atoms with van der Waals surface area (Å²) in [6.45, 7) is 4.35. The molecule has 0 spiro atoms. The number of rotatable bonds is 8. The minimum atomic E-state index is -1.54. The van der Waals surface area contributed by atoms with Crippen LogP contribution in [0.4, 0.5) is 0 Å². The summed E-state index contributed by atoms with van der Waals surface area (Å²) in [5.74, 6) is 0. The lowest BCUT2D eigenvalue weighted by Crippen LogP contribution is -2.34. The highest BCUT2D eigenvalue weighted by Crippen LogP contribution is 2.26. The maximum atomic E-state index is 5.50. The molecule has 2 atom stereocenters. The lowest BCUT2D eigenvalue weighted by Gasteiger charge is -2.28. The fraction of sp³-hybridized carbons (Fsp3) is 1.00. The maximum Gasteiger partial charge on any atom is 0.326 e. The lowest BCUT2D eigenvalue weighted by atomic mass is 10.1. The Morgan fingerprint density at radius 2 is 1.64 bits per heavy atom. The van der Waals surface area contributed by atoms with Gasteiger partial charge in [-0.1, -0.05) is 20.3 Å². The van der Waals surface area contributed by atoms with Crippen LogP contribution in [-0.2, 0) is 13.6 Å². The van der Waals surface area contributed by atoms with E-state index in [0.717, 1.165) is 19.3 Å². The van der Waals surface area contributed by atoms with E-state index in [1.165, 1.54) is 0 Å². The molecule has 0 saturated heterocycles. The topological polar surface area (TPSA) is 27.7 Å². The van der Waals surface area contributed by atoms with Crippen LogP contribution in [0.3, 0.4) is 0 Å². The zero-order valence-electron chi connectivity index (χ0n) is 10.1. The number of ether oxygens (including phenoxy) is 1. The van der Waals surface area contributed by atoms with Gasteiger partial charge < -0.3 is 13.6 Å². The van der Waals surface area contributed by atoms with Gasteiger partial charge in [-0.25, -0.2) is 0 Å². The van der Waals surface area contributed by atoms with Gasteiger partial charge in [0.25, 0.3) is 0 Å². The molecule has 4 heteroatoms. The Labute approximate surface area is 89.6 Å². The Balaban J connectivity index is 4.31. The van der Waals surface area contributed by atoms with E-state index in [9.17, 15) is 0 Å². The molecular weight excluding hydrogens is 196 g/mol. The summed E-state index contributed by atoms with van der Waals surface area (Å²) in [5, 5.41) is 0. The minimum Gasteiger partial charge on any atom is -0.400 e. The smallest absolute Gasteiger partial charge is 0.326 e. The average Bonchev–Trinajstić information content (AvgIpc) is 2.23. The molecule has 0 aliphatic rings. The first-order chi connectivity index (χ1) is 6.74. The van der Waals surface area contributed by atoms with E-state index in [2.05, 4.69) is 13.8 Å². The van der Waals surface area contributed by atoms with Gasteiger partial charge in [-0.05, 0) is 12.8 Å². The first-order valence-electron chi connectivity index (χ1n) is 5.33. The molecule has 0 N–H and O–H groups in total. The molecule has 0 bridgehead atoms. The predicted octanol–water partition coefficient (Wildman–Crippen LogP) is 2.09. The van der Waals surface area contributed by atoms with Crippen LogP contribution in [0.5, 0.6) is 0 Å². The molecule has 0 aromatic rings. The lowest BCUT2D eigenvalue weighted by molar-refractivity contribution is 0.0737. The molecule has 0 aliphatic heterocycles. The summed E-state index contributed by atoms with van der Waals surface area (Å²) in [5.41, 5.74) is 0.454. The largest absolute Gasteiger partial charge is 0.400 e. The van der Waals surface area contributed by atoms with E-state index in [1.54, 1.807) is 21.3 Å². The molecule has 0 aliphatic carbocycles. The molecule has 0 fully saturated rings. The Morgan fingerprint density at radius 1 is 1.07 bits per heavy atom. The molecule has 0 aromatic heterocycles. The van der Waals surface area contributed by atoms with Crippen LogP contribution >= 0.6 is 0 Å². The Morgan fingerprint density at radius 3 is 1.93 bits per heavy atom. The molecule has 14 heavy (non-hydrogen) atoms. The summed E-state index contributed by atoms with van der Waals surface area (Å²) >= 11 is 0. The summed E-state index contributed by atoms with van der Waals surface area (Å²) in [4.78, 5) is 0. The molecule has 2 unspecified atom stereocenters. The highest BCUT2D eigenvalue weighted by molar-refractivity contribution is 6.46. The first-order valence-corrected chi connectivity index (χ1v) is 6.94. The molecule has 0 saturated carbocycles. The van der Waals surface area contributed by atoms with Gasteiger partial charge in [0.05, 0.1) is 6.10 Å². The van der Waals surface area contributed by atoms with Crippen molar-refractivity contribution in [3.63, 3.8) is 0 Å². The third-order valence-electron chi connectivity index (χ3n) is 2.64. The van der Waals surface area contributed by atoms with E-state index in [4.69, 9.17) is 13.6 Å². The van der Waals surface area contributed by atoms with E-state index >= 15 is 0 Å². The third-order valence-corrected chi connectivity index (χ3v) is 5.17. The molecule has 0 aromatic carbocycles. The molecule has 0 amide bonds. The maximum absolute atomic E-state index is 5.50. The summed E-state index contributed by atoms with van der Waals surface area (Å²) in [7, 11) is 3.71. The third kappa shape index (κ3) is 4.08. The highest BCUT2D eigenvalue weighted by Gasteiger charge is 2.30. The second-order valence-electron chi connectivity index (χ2n) is 3.47. The van der Waals surface area contributed by atoms with Crippen LogP contribution in [0.2, 0.25) is 5.54 Å². The van der Waals surface area contributed by atoms with Gasteiger partial charge in [0, 0.05) is 26.9 Å². The van der Waals surface area contributed by atoms with Crippen LogP contribution in [0.1, 0.15) is 33.1 Å². The average molecular weight is 220 g/mol. The summed E-state index contributed by atoms with van der Waals surface area (Å²) in [6, 6.07) is 0. The van der Waals surface area contributed by atoms with Gasteiger partial charge in [-0.3, -0.25) is 0 Å². The van der Waals surface area contributed by atoms with Crippen molar-refractivity contribution in [2.24, 2.45) is 0 Å². The standard InChI is InChI=1S/C10H24O3Si/c1-6-8-9(11-3)10(7-2)14(12-4)13-5/h9-10,14H,6-8H2,1-5H3. The van der Waals surface area contributed by atoms with Crippen LogP contribution in [-0.4, -0.2) is 36.7 Å². The predicted molar refractivity (Wildman–Crippen MR) is 60.9 cm³/mol. The zero-order valence-corrected chi connectivity index (χ0v) is 11.2. The first kappa shape index (κ1) is 14.1. The van der Waals surface area contributed by atoms with E-state index in [1.807, 2.05) is 0 Å². The fourth-order valence-electron chi connectivity index (χ4n) is 1.87. The van der Waals surface area contributed by atoms with Gasteiger partial charge in [-0.2, -0.15) is 0 Å². The highest BCUT2D eigenvalue weighted by atomic mass is 28.3.